The molecule has 2 N–H and O–H groups in total. The van der Waals surface area contributed by atoms with E-state index in [9.17, 15) is 9.18 Å². The number of anilines is 1. The lowest BCUT2D eigenvalue weighted by molar-refractivity contribution is 0.209. The number of carboxylic acid groups (broad SMARTS) is 1. The monoisotopic (exact) mass is 349 g/mol. The fourth-order valence-electron chi connectivity index (χ4n) is 2.57. The predicted octanol–water partition coefficient (Wildman–Crippen LogP) is 3.69. The SMILES string of the molecule is O=C(O)Nc1ccc(F)c(-c2nc3ncc(-c4ccccc4)cn3n2)c1. The highest BCUT2D eigenvalue weighted by Gasteiger charge is 2.14. The van der Waals surface area contributed by atoms with Gasteiger partial charge in [0.15, 0.2) is 5.82 Å². The maximum Gasteiger partial charge on any atom is 0.409 e. The molecule has 0 aliphatic rings. The van der Waals surface area contributed by atoms with Crippen LogP contribution in [0.2, 0.25) is 0 Å². The van der Waals surface area contributed by atoms with Gasteiger partial charge in [0.2, 0.25) is 0 Å². The molecule has 0 saturated carbocycles. The van der Waals surface area contributed by atoms with Crippen molar-refractivity contribution < 1.29 is 14.3 Å². The van der Waals surface area contributed by atoms with Crippen molar-refractivity contribution in [1.29, 1.82) is 0 Å². The van der Waals surface area contributed by atoms with Gasteiger partial charge < -0.3 is 5.11 Å². The van der Waals surface area contributed by atoms with Crippen LogP contribution in [0.15, 0.2) is 60.9 Å². The molecule has 0 atom stereocenters. The van der Waals surface area contributed by atoms with E-state index in [0.717, 1.165) is 17.2 Å². The Morgan fingerprint density at radius 2 is 1.92 bits per heavy atom. The molecule has 0 unspecified atom stereocenters. The van der Waals surface area contributed by atoms with E-state index in [1.54, 1.807) is 12.4 Å². The normalized spacial score (nSPS) is 10.8. The largest absolute Gasteiger partial charge is 0.465 e. The molecule has 0 spiro atoms. The first kappa shape index (κ1) is 15.7. The van der Waals surface area contributed by atoms with E-state index in [-0.39, 0.29) is 17.1 Å². The standard InChI is InChI=1S/C18H12FN5O2/c19-15-7-6-13(21-18(25)26)8-14(15)16-22-17-20-9-12(10-24(17)23-16)11-4-2-1-3-5-11/h1-10,21H,(H,25,26). The second kappa shape index (κ2) is 6.25. The summed E-state index contributed by atoms with van der Waals surface area (Å²) in [5.74, 6) is -0.120. The van der Waals surface area contributed by atoms with Gasteiger partial charge in [0, 0.05) is 23.6 Å². The highest BCUT2D eigenvalue weighted by atomic mass is 19.1. The summed E-state index contributed by atoms with van der Waals surface area (Å²) >= 11 is 0. The lowest BCUT2D eigenvalue weighted by atomic mass is 10.1. The second-order valence-electron chi connectivity index (χ2n) is 5.51. The average Bonchev–Trinajstić information content (AvgIpc) is 3.06. The highest BCUT2D eigenvalue weighted by molar-refractivity contribution is 5.84. The number of aromatic nitrogens is 4. The number of halogens is 1. The second-order valence-corrected chi connectivity index (χ2v) is 5.51. The zero-order valence-electron chi connectivity index (χ0n) is 13.3. The number of nitrogens with one attached hydrogen (secondary N) is 1. The third-order valence-corrected chi connectivity index (χ3v) is 3.76. The summed E-state index contributed by atoms with van der Waals surface area (Å²) in [5.41, 5.74) is 2.13. The van der Waals surface area contributed by atoms with Crippen LogP contribution in [-0.2, 0) is 0 Å². The Morgan fingerprint density at radius 3 is 2.69 bits per heavy atom. The number of nitrogens with zero attached hydrogens (tertiary/aromatic N) is 4. The number of hydrogen-bond donors (Lipinski definition) is 2. The Kier molecular flexibility index (Phi) is 3.77. The maximum absolute atomic E-state index is 14.2. The van der Waals surface area contributed by atoms with Gasteiger partial charge in [0.25, 0.3) is 5.78 Å². The topological polar surface area (TPSA) is 92.4 Å². The van der Waals surface area contributed by atoms with Crippen LogP contribution in [0.3, 0.4) is 0 Å². The molecule has 0 bridgehead atoms. The zero-order chi connectivity index (χ0) is 18.1. The van der Waals surface area contributed by atoms with E-state index in [4.69, 9.17) is 5.11 Å². The molecule has 2 heterocycles. The molecule has 26 heavy (non-hydrogen) atoms. The zero-order valence-corrected chi connectivity index (χ0v) is 13.3. The number of hydrogen-bond acceptors (Lipinski definition) is 4. The quantitative estimate of drug-likeness (QED) is 0.588. The molecule has 8 heteroatoms. The van der Waals surface area contributed by atoms with Gasteiger partial charge in [0.05, 0.1) is 5.56 Å². The first-order valence-electron chi connectivity index (χ1n) is 7.68. The Hall–Kier alpha value is -3.81. The van der Waals surface area contributed by atoms with Crippen LogP contribution in [0.25, 0.3) is 28.3 Å². The van der Waals surface area contributed by atoms with Crippen molar-refractivity contribution in [2.75, 3.05) is 5.32 Å². The summed E-state index contributed by atoms with van der Waals surface area (Å²) in [6.45, 7) is 0. The van der Waals surface area contributed by atoms with Crippen molar-refractivity contribution in [2.45, 2.75) is 0 Å². The Labute approximate surface area is 146 Å². The fourth-order valence-corrected chi connectivity index (χ4v) is 2.57. The molecule has 0 aliphatic carbocycles. The fraction of sp³-hybridized carbons (Fsp3) is 0. The van der Waals surface area contributed by atoms with Crippen molar-refractivity contribution in [1.82, 2.24) is 19.6 Å². The molecule has 2 aromatic carbocycles. The molecule has 1 amide bonds. The van der Waals surface area contributed by atoms with Gasteiger partial charge >= 0.3 is 6.09 Å². The summed E-state index contributed by atoms with van der Waals surface area (Å²) < 4.78 is 15.6. The smallest absolute Gasteiger partial charge is 0.409 e. The lowest BCUT2D eigenvalue weighted by Gasteiger charge is -2.03. The third kappa shape index (κ3) is 2.95. The van der Waals surface area contributed by atoms with Gasteiger partial charge in [-0.15, -0.1) is 5.10 Å². The minimum Gasteiger partial charge on any atom is -0.465 e. The number of fused-ring (bicyclic) bond motifs is 1. The molecular formula is C18H12FN5O2. The van der Waals surface area contributed by atoms with Gasteiger partial charge in [-0.2, -0.15) is 4.98 Å². The molecule has 128 valence electrons. The summed E-state index contributed by atoms with van der Waals surface area (Å²) in [5, 5.41) is 15.3. The van der Waals surface area contributed by atoms with Gasteiger partial charge in [-0.05, 0) is 23.8 Å². The number of benzene rings is 2. The van der Waals surface area contributed by atoms with Crippen molar-refractivity contribution in [2.24, 2.45) is 0 Å². The molecule has 0 aliphatic heterocycles. The van der Waals surface area contributed by atoms with Crippen LogP contribution in [0.1, 0.15) is 0 Å². The van der Waals surface area contributed by atoms with Crippen molar-refractivity contribution in [3.63, 3.8) is 0 Å². The third-order valence-electron chi connectivity index (χ3n) is 3.76. The minimum atomic E-state index is -1.24. The van der Waals surface area contributed by atoms with E-state index in [2.05, 4.69) is 20.4 Å². The first-order chi connectivity index (χ1) is 12.6. The van der Waals surface area contributed by atoms with E-state index in [1.807, 2.05) is 30.3 Å². The molecular weight excluding hydrogens is 337 g/mol. The summed E-state index contributed by atoms with van der Waals surface area (Å²) in [6, 6.07) is 13.5. The van der Waals surface area contributed by atoms with Crippen LogP contribution in [0, 0.1) is 5.82 Å². The lowest BCUT2D eigenvalue weighted by Crippen LogP contribution is -2.07. The van der Waals surface area contributed by atoms with E-state index in [1.165, 1.54) is 16.6 Å². The van der Waals surface area contributed by atoms with Gasteiger partial charge in [0.1, 0.15) is 5.82 Å². The van der Waals surface area contributed by atoms with Gasteiger partial charge in [-0.3, -0.25) is 5.32 Å². The minimum absolute atomic E-state index is 0.0861. The number of rotatable bonds is 3. The molecule has 7 nitrogen and oxygen atoms in total. The first-order valence-corrected chi connectivity index (χ1v) is 7.68. The van der Waals surface area contributed by atoms with Crippen LogP contribution >= 0.6 is 0 Å². The van der Waals surface area contributed by atoms with Gasteiger partial charge in [-0.25, -0.2) is 18.7 Å². The van der Waals surface area contributed by atoms with E-state index >= 15 is 0 Å². The molecule has 0 saturated heterocycles. The van der Waals surface area contributed by atoms with Gasteiger partial charge in [-0.1, -0.05) is 30.3 Å². The summed E-state index contributed by atoms with van der Waals surface area (Å²) in [7, 11) is 0. The number of carbonyl (C=O) groups is 1. The molecule has 4 aromatic rings. The average molecular weight is 349 g/mol. The Balaban J connectivity index is 1.77. The predicted molar refractivity (Wildman–Crippen MR) is 93.3 cm³/mol. The summed E-state index contributed by atoms with van der Waals surface area (Å²) in [4.78, 5) is 19.3. The number of amides is 1. The molecule has 4 rings (SSSR count). The van der Waals surface area contributed by atoms with Crippen molar-refractivity contribution in [3.05, 3.63) is 66.7 Å². The van der Waals surface area contributed by atoms with E-state index in [0.29, 0.717) is 5.78 Å². The Morgan fingerprint density at radius 1 is 1.12 bits per heavy atom. The van der Waals surface area contributed by atoms with Crippen molar-refractivity contribution >= 4 is 17.6 Å². The van der Waals surface area contributed by atoms with Crippen LogP contribution in [0.4, 0.5) is 14.9 Å². The van der Waals surface area contributed by atoms with E-state index < -0.39 is 11.9 Å². The highest BCUT2D eigenvalue weighted by Crippen LogP contribution is 2.25. The molecule has 0 fully saturated rings. The Bertz CT molecular complexity index is 1110. The molecule has 2 aromatic heterocycles. The van der Waals surface area contributed by atoms with Crippen LogP contribution in [0.5, 0.6) is 0 Å². The molecule has 0 radical (unpaired) electrons. The van der Waals surface area contributed by atoms with Crippen LogP contribution < -0.4 is 5.32 Å². The van der Waals surface area contributed by atoms with Crippen LogP contribution in [-0.4, -0.2) is 30.8 Å². The maximum atomic E-state index is 14.2. The van der Waals surface area contributed by atoms with Crippen molar-refractivity contribution in [3.8, 4) is 22.5 Å². The summed E-state index contributed by atoms with van der Waals surface area (Å²) in [6.07, 6.45) is 2.19.